The normalized spacial score (nSPS) is 16.0. The molecular formula is C21H24BrNO3. The van der Waals surface area contributed by atoms with Crippen molar-refractivity contribution in [3.8, 4) is 5.75 Å². The first-order valence-electron chi connectivity index (χ1n) is 9.01. The largest absolute Gasteiger partial charge is 0.494 e. The molecular weight excluding hydrogens is 394 g/mol. The molecule has 0 radical (unpaired) electrons. The van der Waals surface area contributed by atoms with Crippen molar-refractivity contribution in [3.05, 3.63) is 64.6 Å². The highest BCUT2D eigenvalue weighted by Gasteiger charge is 2.35. The number of carbonyl (C=O) groups excluding carboxylic acids is 1. The first-order chi connectivity index (χ1) is 12.7. The molecule has 1 heterocycles. The first kappa shape index (κ1) is 18.9. The average molecular weight is 418 g/mol. The van der Waals surface area contributed by atoms with Crippen LogP contribution in [0.3, 0.4) is 0 Å². The van der Waals surface area contributed by atoms with Crippen LogP contribution in [0.15, 0.2) is 59.1 Å². The molecule has 5 heteroatoms. The minimum absolute atomic E-state index is 0.0588. The van der Waals surface area contributed by atoms with Crippen LogP contribution in [0.25, 0.3) is 0 Å². The lowest BCUT2D eigenvalue weighted by molar-refractivity contribution is -0.124. The fourth-order valence-corrected chi connectivity index (χ4v) is 3.66. The van der Waals surface area contributed by atoms with Crippen molar-refractivity contribution in [2.75, 3.05) is 19.8 Å². The molecule has 0 aromatic heterocycles. The number of hydrogen-bond donors (Lipinski definition) is 1. The molecule has 1 fully saturated rings. The van der Waals surface area contributed by atoms with Crippen molar-refractivity contribution in [2.24, 2.45) is 0 Å². The maximum atomic E-state index is 12.6. The molecule has 1 amide bonds. The standard InChI is InChI=1S/C21H24BrNO3/c22-18-7-4-6-17(16-18)21(11-14-25-15-12-21)23-20(24)10-5-13-26-19-8-2-1-3-9-19/h1-4,6-9,16H,5,10-15H2,(H,23,24). The molecule has 1 aliphatic rings. The summed E-state index contributed by atoms with van der Waals surface area (Å²) in [6, 6.07) is 17.9. The number of halogens is 1. The van der Waals surface area contributed by atoms with Crippen molar-refractivity contribution in [1.82, 2.24) is 5.32 Å². The Morgan fingerprint density at radius 3 is 2.62 bits per heavy atom. The molecule has 3 rings (SSSR count). The monoisotopic (exact) mass is 417 g/mol. The second kappa shape index (κ2) is 9.19. The second-order valence-corrected chi connectivity index (χ2v) is 7.43. The van der Waals surface area contributed by atoms with Gasteiger partial charge in [-0.05, 0) is 49.1 Å². The highest BCUT2D eigenvalue weighted by molar-refractivity contribution is 9.10. The number of nitrogens with one attached hydrogen (secondary N) is 1. The molecule has 0 saturated carbocycles. The summed E-state index contributed by atoms with van der Waals surface area (Å²) >= 11 is 3.53. The Morgan fingerprint density at radius 2 is 1.88 bits per heavy atom. The van der Waals surface area contributed by atoms with Gasteiger partial charge in [0.2, 0.25) is 5.91 Å². The van der Waals surface area contributed by atoms with Crippen LogP contribution < -0.4 is 10.1 Å². The first-order valence-corrected chi connectivity index (χ1v) is 9.80. The number of para-hydroxylation sites is 1. The second-order valence-electron chi connectivity index (χ2n) is 6.52. The summed E-state index contributed by atoms with van der Waals surface area (Å²) in [5, 5.41) is 3.28. The number of carbonyl (C=O) groups is 1. The Hall–Kier alpha value is -1.85. The van der Waals surface area contributed by atoms with Crippen molar-refractivity contribution in [1.29, 1.82) is 0 Å². The highest BCUT2D eigenvalue weighted by atomic mass is 79.9. The molecule has 26 heavy (non-hydrogen) atoms. The topological polar surface area (TPSA) is 47.6 Å². The third kappa shape index (κ3) is 5.08. The maximum Gasteiger partial charge on any atom is 0.220 e. The smallest absolute Gasteiger partial charge is 0.220 e. The molecule has 1 aliphatic heterocycles. The van der Waals surface area contributed by atoms with Gasteiger partial charge >= 0.3 is 0 Å². The van der Waals surface area contributed by atoms with E-state index in [1.807, 2.05) is 42.5 Å². The minimum atomic E-state index is -0.348. The van der Waals surface area contributed by atoms with E-state index in [2.05, 4.69) is 33.4 Å². The molecule has 0 atom stereocenters. The number of hydrogen-bond acceptors (Lipinski definition) is 3. The molecule has 2 aromatic rings. The molecule has 138 valence electrons. The summed E-state index contributed by atoms with van der Waals surface area (Å²) in [6.45, 7) is 1.85. The molecule has 0 aliphatic carbocycles. The Morgan fingerprint density at radius 1 is 1.12 bits per heavy atom. The summed E-state index contributed by atoms with van der Waals surface area (Å²) in [5.41, 5.74) is 0.781. The lowest BCUT2D eigenvalue weighted by Gasteiger charge is -2.38. The zero-order chi connectivity index (χ0) is 18.2. The van der Waals surface area contributed by atoms with Gasteiger partial charge in [-0.15, -0.1) is 0 Å². The number of benzene rings is 2. The van der Waals surface area contributed by atoms with Crippen LogP contribution in [0.2, 0.25) is 0 Å². The van der Waals surface area contributed by atoms with E-state index in [0.29, 0.717) is 32.7 Å². The van der Waals surface area contributed by atoms with E-state index in [-0.39, 0.29) is 11.4 Å². The Bertz CT molecular complexity index is 714. The quantitative estimate of drug-likeness (QED) is 0.677. The summed E-state index contributed by atoms with van der Waals surface area (Å²) in [6.07, 6.45) is 2.71. The van der Waals surface area contributed by atoms with Crippen molar-refractivity contribution >= 4 is 21.8 Å². The predicted molar refractivity (Wildman–Crippen MR) is 105 cm³/mol. The van der Waals surface area contributed by atoms with Gasteiger partial charge in [-0.1, -0.05) is 46.3 Å². The fourth-order valence-electron chi connectivity index (χ4n) is 3.26. The van der Waals surface area contributed by atoms with E-state index < -0.39 is 0 Å². The number of rotatable bonds is 7. The summed E-state index contributed by atoms with van der Waals surface area (Å²) < 4.78 is 12.2. The third-order valence-corrected chi connectivity index (χ3v) is 5.16. The Kier molecular flexibility index (Phi) is 6.69. The van der Waals surface area contributed by atoms with Gasteiger partial charge in [-0.3, -0.25) is 4.79 Å². The maximum absolute atomic E-state index is 12.6. The van der Waals surface area contributed by atoms with Crippen LogP contribution in [0.5, 0.6) is 5.75 Å². The predicted octanol–water partition coefficient (Wildman–Crippen LogP) is 4.43. The third-order valence-electron chi connectivity index (χ3n) is 4.66. The molecule has 0 unspecified atom stereocenters. The van der Waals surface area contributed by atoms with E-state index in [1.54, 1.807) is 0 Å². The van der Waals surface area contributed by atoms with Gasteiger partial charge < -0.3 is 14.8 Å². The van der Waals surface area contributed by atoms with Crippen LogP contribution in [-0.2, 0) is 15.1 Å². The Balaban J connectivity index is 1.56. The minimum Gasteiger partial charge on any atom is -0.494 e. The molecule has 1 saturated heterocycles. The molecule has 1 N–H and O–H groups in total. The van der Waals surface area contributed by atoms with Crippen LogP contribution >= 0.6 is 15.9 Å². The average Bonchev–Trinajstić information content (AvgIpc) is 2.67. The zero-order valence-corrected chi connectivity index (χ0v) is 16.3. The Labute approximate surface area is 163 Å². The van der Waals surface area contributed by atoms with Crippen LogP contribution in [0.1, 0.15) is 31.2 Å². The van der Waals surface area contributed by atoms with Crippen LogP contribution in [-0.4, -0.2) is 25.7 Å². The van der Waals surface area contributed by atoms with Gasteiger partial charge in [-0.2, -0.15) is 0 Å². The van der Waals surface area contributed by atoms with E-state index in [9.17, 15) is 4.79 Å². The molecule has 0 bridgehead atoms. The lowest BCUT2D eigenvalue weighted by Crippen LogP contribution is -2.49. The van der Waals surface area contributed by atoms with E-state index in [4.69, 9.17) is 9.47 Å². The van der Waals surface area contributed by atoms with Crippen molar-refractivity contribution in [2.45, 2.75) is 31.2 Å². The van der Waals surface area contributed by atoms with E-state index in [0.717, 1.165) is 28.6 Å². The number of amides is 1. The van der Waals surface area contributed by atoms with Gasteiger partial charge in [-0.25, -0.2) is 0 Å². The van der Waals surface area contributed by atoms with Crippen LogP contribution in [0.4, 0.5) is 0 Å². The molecule has 4 nitrogen and oxygen atoms in total. The lowest BCUT2D eigenvalue weighted by atomic mass is 9.82. The SMILES string of the molecule is O=C(CCCOc1ccccc1)NC1(c2cccc(Br)c2)CCOCC1. The van der Waals surface area contributed by atoms with Crippen molar-refractivity contribution in [3.63, 3.8) is 0 Å². The zero-order valence-electron chi connectivity index (χ0n) is 14.7. The van der Waals surface area contributed by atoms with Gasteiger partial charge in [0.25, 0.3) is 0 Å². The summed E-state index contributed by atoms with van der Waals surface area (Å²) in [7, 11) is 0. The molecule has 0 spiro atoms. The van der Waals surface area contributed by atoms with Crippen molar-refractivity contribution < 1.29 is 14.3 Å². The van der Waals surface area contributed by atoms with Gasteiger partial charge in [0.1, 0.15) is 5.75 Å². The molecule has 2 aromatic carbocycles. The van der Waals surface area contributed by atoms with Crippen LogP contribution in [0, 0.1) is 0 Å². The number of ether oxygens (including phenoxy) is 2. The summed E-state index contributed by atoms with van der Waals surface area (Å²) in [5.74, 6) is 0.895. The van der Waals surface area contributed by atoms with E-state index in [1.165, 1.54) is 0 Å². The highest BCUT2D eigenvalue weighted by Crippen LogP contribution is 2.33. The fraction of sp³-hybridized carbons (Fsp3) is 0.381. The van der Waals surface area contributed by atoms with Gasteiger partial charge in [0.15, 0.2) is 0 Å². The van der Waals surface area contributed by atoms with Gasteiger partial charge in [0.05, 0.1) is 12.1 Å². The van der Waals surface area contributed by atoms with Gasteiger partial charge in [0, 0.05) is 24.1 Å². The summed E-state index contributed by atoms with van der Waals surface area (Å²) in [4.78, 5) is 12.6. The van der Waals surface area contributed by atoms with E-state index >= 15 is 0 Å².